The highest BCUT2D eigenvalue weighted by Gasteiger charge is 1.88. The third kappa shape index (κ3) is 3.35. The number of benzene rings is 1. The van der Waals surface area contributed by atoms with Crippen LogP contribution in [0.25, 0.3) is 6.08 Å². The molecule has 1 aromatic rings. The van der Waals surface area contributed by atoms with Crippen LogP contribution in [0.3, 0.4) is 0 Å². The third-order valence-electron chi connectivity index (χ3n) is 1.59. The first-order valence-corrected chi connectivity index (χ1v) is 4.18. The van der Waals surface area contributed by atoms with Gasteiger partial charge in [-0.1, -0.05) is 42.5 Å². The minimum absolute atomic E-state index is 0.245. The van der Waals surface area contributed by atoms with Crippen LogP contribution in [-0.2, 0) is 0 Å². The largest absolute Gasteiger partial charge is 0.393 e. The van der Waals surface area contributed by atoms with Gasteiger partial charge in [0.25, 0.3) is 0 Å². The molecule has 1 heteroatoms. The van der Waals surface area contributed by atoms with Crippen LogP contribution in [0, 0.1) is 0 Å². The summed E-state index contributed by atoms with van der Waals surface area (Å²) in [5, 5.41) is 8.98. The Labute approximate surface area is 73.4 Å². The van der Waals surface area contributed by atoms with E-state index in [0.29, 0.717) is 0 Å². The lowest BCUT2D eigenvalue weighted by atomic mass is 10.2. The summed E-state index contributed by atoms with van der Waals surface area (Å²) in [6.07, 6.45) is 4.48. The Balaban J connectivity index is 2.47. The van der Waals surface area contributed by atoms with Gasteiger partial charge in [0.05, 0.1) is 6.10 Å². The molecule has 1 atom stereocenters. The Morgan fingerprint density at radius 3 is 2.58 bits per heavy atom. The third-order valence-corrected chi connectivity index (χ3v) is 1.59. The van der Waals surface area contributed by atoms with Crippen LogP contribution in [0.4, 0.5) is 0 Å². The van der Waals surface area contributed by atoms with Crippen LogP contribution in [0.2, 0.25) is 0 Å². The summed E-state index contributed by atoms with van der Waals surface area (Å²) in [6, 6.07) is 10.1. The molecule has 0 bridgehead atoms. The number of hydrogen-bond donors (Lipinski definition) is 1. The molecule has 0 saturated carbocycles. The van der Waals surface area contributed by atoms with Gasteiger partial charge in [0, 0.05) is 0 Å². The van der Waals surface area contributed by atoms with E-state index >= 15 is 0 Å². The molecular weight excluding hydrogens is 148 g/mol. The SMILES string of the molecule is C[C@@H](O)C/C=C/c1ccccc1. The second kappa shape index (κ2) is 4.73. The predicted octanol–water partition coefficient (Wildman–Crippen LogP) is 2.47. The van der Waals surface area contributed by atoms with E-state index in [9.17, 15) is 0 Å². The van der Waals surface area contributed by atoms with E-state index in [1.165, 1.54) is 5.56 Å². The molecule has 0 spiro atoms. The van der Waals surface area contributed by atoms with Gasteiger partial charge in [-0.2, -0.15) is 0 Å². The number of rotatable bonds is 3. The average Bonchev–Trinajstić information content (AvgIpc) is 2.05. The molecule has 12 heavy (non-hydrogen) atoms. The van der Waals surface area contributed by atoms with E-state index in [1.54, 1.807) is 6.92 Å². The number of hydrogen-bond acceptors (Lipinski definition) is 1. The zero-order chi connectivity index (χ0) is 8.81. The topological polar surface area (TPSA) is 20.2 Å². The highest BCUT2D eigenvalue weighted by atomic mass is 16.3. The molecule has 0 aliphatic heterocycles. The summed E-state index contributed by atoms with van der Waals surface area (Å²) in [5.41, 5.74) is 1.18. The van der Waals surface area contributed by atoms with Crippen LogP contribution in [0.5, 0.6) is 0 Å². The van der Waals surface area contributed by atoms with Crippen LogP contribution in [0.15, 0.2) is 36.4 Å². The molecule has 0 saturated heterocycles. The monoisotopic (exact) mass is 162 g/mol. The van der Waals surface area contributed by atoms with Crippen molar-refractivity contribution in [2.75, 3.05) is 0 Å². The lowest BCUT2D eigenvalue weighted by Gasteiger charge is -1.96. The van der Waals surface area contributed by atoms with Crippen molar-refractivity contribution in [1.82, 2.24) is 0 Å². The fourth-order valence-corrected chi connectivity index (χ4v) is 0.965. The quantitative estimate of drug-likeness (QED) is 0.724. The van der Waals surface area contributed by atoms with Crippen molar-refractivity contribution in [3.63, 3.8) is 0 Å². The minimum atomic E-state index is -0.245. The second-order valence-electron chi connectivity index (χ2n) is 2.90. The molecule has 0 heterocycles. The highest BCUT2D eigenvalue weighted by Crippen LogP contribution is 2.02. The molecule has 0 aliphatic rings. The number of aliphatic hydroxyl groups excluding tert-OH is 1. The molecule has 0 radical (unpaired) electrons. The zero-order valence-electron chi connectivity index (χ0n) is 7.27. The molecule has 64 valence electrons. The first kappa shape index (κ1) is 9.01. The summed E-state index contributed by atoms with van der Waals surface area (Å²) >= 11 is 0. The molecule has 0 aliphatic carbocycles. The molecule has 1 nitrogen and oxygen atoms in total. The molecule has 0 amide bonds. The summed E-state index contributed by atoms with van der Waals surface area (Å²) < 4.78 is 0. The molecule has 0 fully saturated rings. The van der Waals surface area contributed by atoms with Gasteiger partial charge in [-0.25, -0.2) is 0 Å². The predicted molar refractivity (Wildman–Crippen MR) is 51.8 cm³/mol. The Bertz CT molecular complexity index is 236. The van der Waals surface area contributed by atoms with E-state index in [2.05, 4.69) is 0 Å². The van der Waals surface area contributed by atoms with Gasteiger partial charge < -0.3 is 5.11 Å². The summed E-state index contributed by atoms with van der Waals surface area (Å²) in [6.45, 7) is 1.79. The average molecular weight is 162 g/mol. The van der Waals surface area contributed by atoms with E-state index < -0.39 is 0 Å². The van der Waals surface area contributed by atoms with Gasteiger partial charge in [0.15, 0.2) is 0 Å². The minimum Gasteiger partial charge on any atom is -0.393 e. The van der Waals surface area contributed by atoms with Gasteiger partial charge in [-0.05, 0) is 18.9 Å². The van der Waals surface area contributed by atoms with Crippen molar-refractivity contribution in [1.29, 1.82) is 0 Å². The normalized spacial score (nSPS) is 13.5. The standard InChI is InChI=1S/C11H14O/c1-10(12)6-5-9-11-7-3-2-4-8-11/h2-5,7-10,12H,6H2,1H3/b9-5+/t10-/m1/s1. The summed E-state index contributed by atoms with van der Waals surface area (Å²) in [4.78, 5) is 0. The highest BCUT2D eigenvalue weighted by molar-refractivity contribution is 5.48. The van der Waals surface area contributed by atoms with E-state index in [4.69, 9.17) is 5.11 Å². The summed E-state index contributed by atoms with van der Waals surface area (Å²) in [5.74, 6) is 0. The van der Waals surface area contributed by atoms with Gasteiger partial charge >= 0.3 is 0 Å². The van der Waals surface area contributed by atoms with Crippen LogP contribution in [0.1, 0.15) is 18.9 Å². The molecule has 1 N–H and O–H groups in total. The lowest BCUT2D eigenvalue weighted by Crippen LogP contribution is -1.94. The smallest absolute Gasteiger partial charge is 0.0546 e. The van der Waals surface area contributed by atoms with Crippen molar-refractivity contribution in [3.8, 4) is 0 Å². The Morgan fingerprint density at radius 1 is 1.33 bits per heavy atom. The maximum absolute atomic E-state index is 8.98. The van der Waals surface area contributed by atoms with E-state index in [1.807, 2.05) is 42.5 Å². The number of aliphatic hydroxyl groups is 1. The molecule has 0 aromatic heterocycles. The van der Waals surface area contributed by atoms with Crippen LogP contribution < -0.4 is 0 Å². The first-order chi connectivity index (χ1) is 5.79. The fraction of sp³-hybridized carbons (Fsp3) is 0.273. The van der Waals surface area contributed by atoms with E-state index in [0.717, 1.165) is 6.42 Å². The van der Waals surface area contributed by atoms with E-state index in [-0.39, 0.29) is 6.10 Å². The molecule has 1 rings (SSSR count). The van der Waals surface area contributed by atoms with Gasteiger partial charge in [0.2, 0.25) is 0 Å². The Hall–Kier alpha value is -1.08. The van der Waals surface area contributed by atoms with Crippen LogP contribution in [-0.4, -0.2) is 11.2 Å². The molecule has 0 unspecified atom stereocenters. The fourth-order valence-electron chi connectivity index (χ4n) is 0.965. The summed E-state index contributed by atoms with van der Waals surface area (Å²) in [7, 11) is 0. The lowest BCUT2D eigenvalue weighted by molar-refractivity contribution is 0.199. The van der Waals surface area contributed by atoms with Crippen molar-refractivity contribution < 1.29 is 5.11 Å². The first-order valence-electron chi connectivity index (χ1n) is 4.18. The van der Waals surface area contributed by atoms with Gasteiger partial charge in [-0.15, -0.1) is 0 Å². The van der Waals surface area contributed by atoms with Crippen molar-refractivity contribution in [2.24, 2.45) is 0 Å². The van der Waals surface area contributed by atoms with Gasteiger partial charge in [-0.3, -0.25) is 0 Å². The van der Waals surface area contributed by atoms with Crippen molar-refractivity contribution >= 4 is 6.08 Å². The zero-order valence-corrected chi connectivity index (χ0v) is 7.27. The molecular formula is C11H14O. The maximum atomic E-state index is 8.98. The van der Waals surface area contributed by atoms with Gasteiger partial charge in [0.1, 0.15) is 0 Å². The maximum Gasteiger partial charge on any atom is 0.0546 e. The van der Waals surface area contributed by atoms with Crippen molar-refractivity contribution in [3.05, 3.63) is 42.0 Å². The second-order valence-corrected chi connectivity index (χ2v) is 2.90. The van der Waals surface area contributed by atoms with Crippen molar-refractivity contribution in [2.45, 2.75) is 19.4 Å². The van der Waals surface area contributed by atoms with Crippen LogP contribution >= 0.6 is 0 Å². The molecule has 1 aromatic carbocycles. The Kier molecular flexibility index (Phi) is 3.55. The Morgan fingerprint density at radius 2 is 2.00 bits per heavy atom.